The minimum atomic E-state index is 0.228. The number of hydrogen-bond acceptors (Lipinski definition) is 4. The van der Waals surface area contributed by atoms with E-state index in [1.165, 1.54) is 0 Å². The van der Waals surface area contributed by atoms with Gasteiger partial charge in [0.15, 0.2) is 0 Å². The molecule has 0 spiro atoms. The number of hydrogen-bond donors (Lipinski definition) is 1. The van der Waals surface area contributed by atoms with E-state index in [2.05, 4.69) is 22.2 Å². The Kier molecular flexibility index (Phi) is 4.20. The largest absolute Gasteiger partial charge is 0.374 e. The molecule has 0 saturated carbocycles. The summed E-state index contributed by atoms with van der Waals surface area (Å²) < 4.78 is 5.67. The fourth-order valence-electron chi connectivity index (χ4n) is 1.85. The Morgan fingerprint density at radius 3 is 3.12 bits per heavy atom. The number of nitrogens with one attached hydrogen (secondary N) is 1. The molecule has 1 aromatic rings. The lowest BCUT2D eigenvalue weighted by Crippen LogP contribution is -2.43. The lowest BCUT2D eigenvalue weighted by atomic mass is 10.3. The van der Waals surface area contributed by atoms with Crippen LogP contribution in [-0.2, 0) is 4.74 Å². The molecule has 0 radical (unpaired) electrons. The van der Waals surface area contributed by atoms with E-state index in [-0.39, 0.29) is 6.10 Å². The molecule has 94 valence electrons. The first kappa shape index (κ1) is 12.6. The Morgan fingerprint density at radius 1 is 1.59 bits per heavy atom. The molecule has 1 unspecified atom stereocenters. The van der Waals surface area contributed by atoms with Crippen molar-refractivity contribution in [1.29, 1.82) is 0 Å². The van der Waals surface area contributed by atoms with Crippen LogP contribution in [0.15, 0.2) is 12.1 Å². The van der Waals surface area contributed by atoms with E-state index in [1.807, 2.05) is 19.1 Å². The Balaban J connectivity index is 1.86. The lowest BCUT2D eigenvalue weighted by molar-refractivity contribution is -0.0117. The highest BCUT2D eigenvalue weighted by Crippen LogP contribution is 2.15. The monoisotopic (exact) mass is 255 g/mol. The van der Waals surface area contributed by atoms with Gasteiger partial charge in [-0.05, 0) is 26.1 Å². The first-order chi connectivity index (χ1) is 8.15. The van der Waals surface area contributed by atoms with E-state index >= 15 is 0 Å². The summed E-state index contributed by atoms with van der Waals surface area (Å²) in [5.41, 5.74) is 0.846. The third kappa shape index (κ3) is 3.56. The first-order valence-electron chi connectivity index (χ1n) is 5.82. The molecule has 0 bridgehead atoms. The van der Waals surface area contributed by atoms with Crippen LogP contribution in [0.25, 0.3) is 0 Å². The molecule has 1 fully saturated rings. The van der Waals surface area contributed by atoms with Crippen molar-refractivity contribution in [3.05, 3.63) is 22.8 Å². The van der Waals surface area contributed by atoms with Gasteiger partial charge in [0.05, 0.1) is 23.4 Å². The minimum absolute atomic E-state index is 0.228. The van der Waals surface area contributed by atoms with Crippen molar-refractivity contribution in [1.82, 2.24) is 9.88 Å². The topological polar surface area (TPSA) is 37.4 Å². The predicted molar refractivity (Wildman–Crippen MR) is 69.7 cm³/mol. The average molecular weight is 256 g/mol. The molecule has 4 nitrogen and oxygen atoms in total. The van der Waals surface area contributed by atoms with Gasteiger partial charge in [0.25, 0.3) is 0 Å². The Morgan fingerprint density at radius 2 is 2.41 bits per heavy atom. The quantitative estimate of drug-likeness (QED) is 0.894. The zero-order chi connectivity index (χ0) is 12.3. The van der Waals surface area contributed by atoms with E-state index in [4.69, 9.17) is 16.3 Å². The van der Waals surface area contributed by atoms with Crippen LogP contribution in [0.2, 0.25) is 5.02 Å². The van der Waals surface area contributed by atoms with Crippen LogP contribution >= 0.6 is 11.6 Å². The molecule has 5 heteroatoms. The summed E-state index contributed by atoms with van der Waals surface area (Å²) >= 11 is 5.93. The maximum atomic E-state index is 5.93. The SMILES string of the molecule is Cc1nc(NCC2CN(C)CCO2)ccc1Cl. The van der Waals surface area contributed by atoms with Gasteiger partial charge in [-0.25, -0.2) is 4.98 Å². The van der Waals surface area contributed by atoms with Crippen molar-refractivity contribution in [2.24, 2.45) is 0 Å². The minimum Gasteiger partial charge on any atom is -0.374 e. The molecule has 1 aliphatic heterocycles. The summed E-state index contributed by atoms with van der Waals surface area (Å²) in [6.07, 6.45) is 0.228. The number of likely N-dealkylation sites (N-methyl/N-ethyl adjacent to an activating group) is 1. The Hall–Kier alpha value is -0.840. The number of pyridine rings is 1. The van der Waals surface area contributed by atoms with Crippen molar-refractivity contribution >= 4 is 17.4 Å². The number of nitrogens with zero attached hydrogens (tertiary/aromatic N) is 2. The van der Waals surface area contributed by atoms with E-state index in [9.17, 15) is 0 Å². The van der Waals surface area contributed by atoms with Crippen molar-refractivity contribution in [3.8, 4) is 0 Å². The van der Waals surface area contributed by atoms with Gasteiger partial charge in [0.2, 0.25) is 0 Å². The second-order valence-corrected chi connectivity index (χ2v) is 4.81. The molecule has 0 amide bonds. The van der Waals surface area contributed by atoms with Gasteiger partial charge in [-0.15, -0.1) is 0 Å². The molecular formula is C12H18ClN3O. The summed E-state index contributed by atoms with van der Waals surface area (Å²) in [5, 5.41) is 3.98. The summed E-state index contributed by atoms with van der Waals surface area (Å²) in [6, 6.07) is 3.75. The van der Waals surface area contributed by atoms with Gasteiger partial charge < -0.3 is 15.0 Å². The van der Waals surface area contributed by atoms with Gasteiger partial charge in [-0.1, -0.05) is 11.6 Å². The molecule has 1 saturated heterocycles. The van der Waals surface area contributed by atoms with E-state index in [1.54, 1.807) is 0 Å². The average Bonchev–Trinajstić information content (AvgIpc) is 2.31. The van der Waals surface area contributed by atoms with E-state index in [0.717, 1.165) is 37.8 Å². The second-order valence-electron chi connectivity index (χ2n) is 4.40. The lowest BCUT2D eigenvalue weighted by Gasteiger charge is -2.30. The zero-order valence-electron chi connectivity index (χ0n) is 10.2. The zero-order valence-corrected chi connectivity index (χ0v) is 11.0. The van der Waals surface area contributed by atoms with Crippen LogP contribution in [0, 0.1) is 6.92 Å². The number of morpholine rings is 1. The molecule has 17 heavy (non-hydrogen) atoms. The molecule has 2 rings (SSSR count). The van der Waals surface area contributed by atoms with Gasteiger partial charge in [0, 0.05) is 19.6 Å². The van der Waals surface area contributed by atoms with Gasteiger partial charge in [-0.3, -0.25) is 0 Å². The number of ether oxygens (including phenoxy) is 1. The predicted octanol–water partition coefficient (Wildman–Crippen LogP) is 1.79. The summed E-state index contributed by atoms with van der Waals surface area (Å²) in [5.74, 6) is 0.851. The van der Waals surface area contributed by atoms with Gasteiger partial charge >= 0.3 is 0 Å². The number of aromatic nitrogens is 1. The van der Waals surface area contributed by atoms with Gasteiger partial charge in [0.1, 0.15) is 5.82 Å². The van der Waals surface area contributed by atoms with Crippen molar-refractivity contribution in [3.63, 3.8) is 0 Å². The molecule has 1 aliphatic rings. The van der Waals surface area contributed by atoms with Crippen LogP contribution in [0.5, 0.6) is 0 Å². The molecule has 1 aromatic heterocycles. The molecule has 2 heterocycles. The molecule has 0 aliphatic carbocycles. The number of rotatable bonds is 3. The van der Waals surface area contributed by atoms with E-state index < -0.39 is 0 Å². The third-order valence-corrected chi connectivity index (χ3v) is 3.27. The fourth-order valence-corrected chi connectivity index (χ4v) is 1.96. The van der Waals surface area contributed by atoms with Crippen LogP contribution in [0.3, 0.4) is 0 Å². The van der Waals surface area contributed by atoms with Gasteiger partial charge in [-0.2, -0.15) is 0 Å². The van der Waals surface area contributed by atoms with Crippen LogP contribution in [0.4, 0.5) is 5.82 Å². The van der Waals surface area contributed by atoms with E-state index in [0.29, 0.717) is 5.02 Å². The molecule has 1 N–H and O–H groups in total. The molecule has 1 atom stereocenters. The standard InChI is InChI=1S/C12H18ClN3O/c1-9-11(13)3-4-12(15-9)14-7-10-8-16(2)5-6-17-10/h3-4,10H,5-8H2,1-2H3,(H,14,15). The van der Waals surface area contributed by atoms with Crippen molar-refractivity contribution in [2.75, 3.05) is 38.6 Å². The first-order valence-corrected chi connectivity index (χ1v) is 6.20. The maximum Gasteiger partial charge on any atom is 0.126 e. The summed E-state index contributed by atoms with van der Waals surface area (Å²) in [6.45, 7) is 5.45. The number of aryl methyl sites for hydroxylation is 1. The normalized spacial score (nSPS) is 21.5. The molecule has 0 aromatic carbocycles. The van der Waals surface area contributed by atoms with Crippen LogP contribution < -0.4 is 5.32 Å². The van der Waals surface area contributed by atoms with Crippen molar-refractivity contribution in [2.45, 2.75) is 13.0 Å². The number of anilines is 1. The maximum absolute atomic E-state index is 5.93. The highest BCUT2D eigenvalue weighted by Gasteiger charge is 2.17. The van der Waals surface area contributed by atoms with Crippen molar-refractivity contribution < 1.29 is 4.74 Å². The highest BCUT2D eigenvalue weighted by molar-refractivity contribution is 6.31. The third-order valence-electron chi connectivity index (χ3n) is 2.87. The Labute approximate surface area is 107 Å². The van der Waals surface area contributed by atoms with Crippen LogP contribution in [0.1, 0.15) is 5.69 Å². The molecular weight excluding hydrogens is 238 g/mol. The fraction of sp³-hybridized carbons (Fsp3) is 0.583. The summed E-state index contributed by atoms with van der Waals surface area (Å²) in [7, 11) is 2.11. The smallest absolute Gasteiger partial charge is 0.126 e. The highest BCUT2D eigenvalue weighted by atomic mass is 35.5. The second kappa shape index (κ2) is 5.67. The number of halogens is 1. The Bertz CT molecular complexity index is 386. The van der Waals surface area contributed by atoms with Crippen LogP contribution in [-0.4, -0.2) is 49.3 Å². The summed E-state index contributed by atoms with van der Waals surface area (Å²) in [4.78, 5) is 6.64.